The number of nitrogens with one attached hydrogen (secondary N) is 2. The topological polar surface area (TPSA) is 205 Å². The minimum absolute atomic E-state index is 0.0524. The molecule has 5 N–H and O–H groups in total. The highest BCUT2D eigenvalue weighted by atomic mass is 35.5. The van der Waals surface area contributed by atoms with Crippen LogP contribution in [0.3, 0.4) is 0 Å². The van der Waals surface area contributed by atoms with Crippen LogP contribution in [0.4, 0.5) is 11.5 Å². The minimum Gasteiger partial charge on any atom is -0.490 e. The van der Waals surface area contributed by atoms with E-state index in [2.05, 4.69) is 32.6 Å². The monoisotopic (exact) mass is 1020 g/mol. The standard InChI is InChI=1S/C52H65ClN10O6S2/c1-30(2)46(42-19-31(3)60-69-42)51(67)63-27-37(64)21-40(63)49(65)57-22-35-10-9-34(48-32(4)58-29-70-48)20-41(35)68-38-13-11-33(12-14-38)50(66)62-25-36(26-62)59-39-7-6-8-43(47(39)53)71-45-24-55-44(23-56-45)61-17-15-52(5,28-54)16-18-61/h6-10,19-20,23-24,29-30,33,36-38,40,46,59,64H,11-18,21-22,25-28,54H2,1-5H3,(H,57,65)/t33?,37-,38?,40+,46-/m1/s1. The van der Waals surface area contributed by atoms with Crippen LogP contribution in [0.1, 0.15) is 94.3 Å². The molecule has 1 aliphatic carbocycles. The maximum Gasteiger partial charge on any atom is 0.243 e. The number of carbonyl (C=O) groups is 3. The van der Waals surface area contributed by atoms with Crippen molar-refractivity contribution >= 4 is 63.9 Å². The van der Waals surface area contributed by atoms with E-state index < -0.39 is 18.1 Å². The van der Waals surface area contributed by atoms with Crippen molar-refractivity contribution in [1.29, 1.82) is 0 Å². The number of nitrogens with two attached hydrogens (primary N) is 1. The summed E-state index contributed by atoms with van der Waals surface area (Å²) >= 11 is 9.98. The fourth-order valence-corrected chi connectivity index (χ4v) is 12.1. The molecule has 19 heteroatoms. The number of aliphatic hydroxyl groups excluding tert-OH is 1. The Kier molecular flexibility index (Phi) is 15.6. The van der Waals surface area contributed by atoms with Crippen LogP contribution in [0.5, 0.6) is 5.75 Å². The number of anilines is 2. The van der Waals surface area contributed by atoms with Gasteiger partial charge in [-0.2, -0.15) is 0 Å². The van der Waals surface area contributed by atoms with Gasteiger partial charge in [-0.15, -0.1) is 11.3 Å². The maximum atomic E-state index is 14.0. The molecule has 3 aromatic heterocycles. The van der Waals surface area contributed by atoms with Crippen molar-refractivity contribution in [1.82, 2.24) is 35.2 Å². The number of amides is 3. The van der Waals surface area contributed by atoms with Crippen LogP contribution in [0.15, 0.2) is 74.8 Å². The number of piperidine rings is 1. The van der Waals surface area contributed by atoms with E-state index in [1.54, 1.807) is 30.5 Å². The molecule has 3 amide bonds. The van der Waals surface area contributed by atoms with Gasteiger partial charge in [0, 0.05) is 68.1 Å². The van der Waals surface area contributed by atoms with Crippen molar-refractivity contribution in [3.8, 4) is 16.2 Å². The van der Waals surface area contributed by atoms with E-state index in [4.69, 9.17) is 36.6 Å². The van der Waals surface area contributed by atoms with Gasteiger partial charge in [0.15, 0.2) is 0 Å². The van der Waals surface area contributed by atoms with E-state index in [9.17, 15) is 19.5 Å². The van der Waals surface area contributed by atoms with Crippen LogP contribution < -0.4 is 26.0 Å². The van der Waals surface area contributed by atoms with Gasteiger partial charge in [-0.25, -0.2) is 15.0 Å². The lowest BCUT2D eigenvalue weighted by molar-refractivity contribution is -0.141. The predicted molar refractivity (Wildman–Crippen MR) is 276 cm³/mol. The Hall–Kier alpha value is -5.27. The summed E-state index contributed by atoms with van der Waals surface area (Å²) in [5.74, 6) is 0.654. The third-order valence-corrected chi connectivity index (χ3v) is 17.2. The molecule has 3 aliphatic heterocycles. The Bertz CT molecular complexity index is 2680. The lowest BCUT2D eigenvalue weighted by Crippen LogP contribution is -2.58. The fraction of sp³-hybridized carbons (Fsp3) is 0.519. The summed E-state index contributed by atoms with van der Waals surface area (Å²) in [7, 11) is 0. The quantitative estimate of drug-likeness (QED) is 0.0743. The molecular weight excluding hydrogens is 960 g/mol. The average Bonchev–Trinajstić information content (AvgIpc) is 4.10. The smallest absolute Gasteiger partial charge is 0.243 e. The van der Waals surface area contributed by atoms with Gasteiger partial charge < -0.3 is 45.4 Å². The van der Waals surface area contributed by atoms with Crippen molar-refractivity contribution in [2.75, 3.05) is 49.5 Å². The number of rotatable bonds is 16. The Morgan fingerprint density at radius 2 is 1.80 bits per heavy atom. The molecule has 5 aromatic rings. The summed E-state index contributed by atoms with van der Waals surface area (Å²) in [5.41, 5.74) is 12.2. The number of hydrogen-bond donors (Lipinski definition) is 4. The van der Waals surface area contributed by atoms with Gasteiger partial charge in [0.05, 0.1) is 63.1 Å². The van der Waals surface area contributed by atoms with Crippen molar-refractivity contribution in [2.45, 2.75) is 126 Å². The largest absolute Gasteiger partial charge is 0.490 e. The number of halogens is 1. The third kappa shape index (κ3) is 11.5. The van der Waals surface area contributed by atoms with Crippen molar-refractivity contribution in [3.63, 3.8) is 0 Å². The molecule has 9 rings (SSSR count). The third-order valence-electron chi connectivity index (χ3n) is 14.7. The van der Waals surface area contributed by atoms with Gasteiger partial charge >= 0.3 is 0 Å². The van der Waals surface area contributed by atoms with Crippen molar-refractivity contribution < 1.29 is 28.8 Å². The van der Waals surface area contributed by atoms with Crippen LogP contribution in [0, 0.1) is 31.1 Å². The van der Waals surface area contributed by atoms with Gasteiger partial charge in [-0.1, -0.05) is 67.5 Å². The highest BCUT2D eigenvalue weighted by Crippen LogP contribution is 2.40. The van der Waals surface area contributed by atoms with Gasteiger partial charge in [0.25, 0.3) is 0 Å². The zero-order valence-electron chi connectivity index (χ0n) is 41.1. The SMILES string of the molecule is Cc1cc([C@H](C(=O)N2C[C@H](O)C[C@H]2C(=O)NCc2ccc(-c3scnc3C)cc2OC2CCC(C(=O)N3CC(Nc4cccc(Sc5cnc(N6CCC(C)(CN)CC6)cn5)c4Cl)C3)CC2)C(C)C)on1. The first-order chi connectivity index (χ1) is 34.1. The fourth-order valence-electron chi connectivity index (χ4n) is 10.2. The zero-order valence-corrected chi connectivity index (χ0v) is 43.5. The molecule has 0 radical (unpaired) electrons. The summed E-state index contributed by atoms with van der Waals surface area (Å²) < 4.78 is 12.3. The maximum absolute atomic E-state index is 14.0. The molecule has 0 bridgehead atoms. The predicted octanol–water partition coefficient (Wildman–Crippen LogP) is 7.85. The number of aryl methyl sites for hydroxylation is 2. The number of aliphatic hydroxyl groups is 1. The van der Waals surface area contributed by atoms with E-state index in [-0.39, 0.29) is 66.6 Å². The second-order valence-electron chi connectivity index (χ2n) is 20.4. The van der Waals surface area contributed by atoms with E-state index >= 15 is 0 Å². The molecule has 378 valence electrons. The van der Waals surface area contributed by atoms with Crippen LogP contribution in [0.2, 0.25) is 5.02 Å². The highest BCUT2D eigenvalue weighted by molar-refractivity contribution is 7.99. The number of aromatic nitrogens is 4. The first kappa shape index (κ1) is 50.7. The first-order valence-corrected chi connectivity index (χ1v) is 26.9. The highest BCUT2D eigenvalue weighted by Gasteiger charge is 2.43. The lowest BCUT2D eigenvalue weighted by atomic mass is 9.80. The Balaban J connectivity index is 0.774. The van der Waals surface area contributed by atoms with Gasteiger partial charge in [0.1, 0.15) is 34.3 Å². The average molecular weight is 1030 g/mol. The van der Waals surface area contributed by atoms with E-state index in [0.717, 1.165) is 69.1 Å². The molecule has 71 heavy (non-hydrogen) atoms. The molecule has 3 saturated heterocycles. The first-order valence-electron chi connectivity index (χ1n) is 24.8. The van der Waals surface area contributed by atoms with Crippen LogP contribution in [-0.2, 0) is 20.9 Å². The zero-order chi connectivity index (χ0) is 50.0. The Labute approximate surface area is 428 Å². The van der Waals surface area contributed by atoms with E-state index in [1.165, 1.54) is 16.7 Å². The number of nitrogens with zero attached hydrogens (tertiary/aromatic N) is 7. The minimum atomic E-state index is -0.852. The van der Waals surface area contributed by atoms with Crippen molar-refractivity contribution in [3.05, 3.63) is 88.1 Å². The molecule has 2 aromatic carbocycles. The second-order valence-corrected chi connectivity index (χ2v) is 22.7. The molecular formula is C52H65ClN10O6S2. The number of thiazole rings is 1. The molecule has 16 nitrogen and oxygen atoms in total. The van der Waals surface area contributed by atoms with Crippen molar-refractivity contribution in [2.24, 2.45) is 23.0 Å². The summed E-state index contributed by atoms with van der Waals surface area (Å²) in [6.07, 6.45) is 7.72. The Morgan fingerprint density at radius 3 is 2.46 bits per heavy atom. The molecule has 1 saturated carbocycles. The number of benzene rings is 2. The van der Waals surface area contributed by atoms with Gasteiger partial charge in [0.2, 0.25) is 17.7 Å². The van der Waals surface area contributed by atoms with E-state index in [1.807, 2.05) is 73.8 Å². The molecule has 4 fully saturated rings. The normalized spacial score (nSPS) is 21.8. The van der Waals surface area contributed by atoms with Crippen LogP contribution >= 0.6 is 34.7 Å². The summed E-state index contributed by atoms with van der Waals surface area (Å²) in [5, 5.41) is 22.7. The molecule has 0 spiro atoms. The number of ether oxygens (including phenoxy) is 1. The molecule has 6 heterocycles. The number of likely N-dealkylation sites (tertiary alicyclic amines) is 2. The number of hydrogen-bond acceptors (Lipinski definition) is 15. The lowest BCUT2D eigenvalue weighted by Gasteiger charge is -2.43. The summed E-state index contributed by atoms with van der Waals surface area (Å²) in [4.78, 5) is 63.2. The molecule has 0 unspecified atom stereocenters. The summed E-state index contributed by atoms with van der Waals surface area (Å²) in [6.45, 7) is 13.8. The van der Waals surface area contributed by atoms with Gasteiger partial charge in [-0.3, -0.25) is 14.4 Å². The van der Waals surface area contributed by atoms with Crippen LogP contribution in [-0.4, -0.2) is 116 Å². The Morgan fingerprint density at radius 1 is 1.03 bits per heavy atom. The number of carbonyl (C=O) groups excluding carboxylic acids is 3. The molecule has 3 atom stereocenters. The second kappa shape index (κ2) is 21.8. The van der Waals surface area contributed by atoms with Gasteiger partial charge in [-0.05, 0) is 94.0 Å². The van der Waals surface area contributed by atoms with Crippen LogP contribution in [0.25, 0.3) is 10.4 Å². The van der Waals surface area contributed by atoms with E-state index in [0.29, 0.717) is 67.5 Å². The number of β-amino-alcohol motifs (C(OH)–C–C–N with tert-alkyl or cyclic N) is 1. The summed E-state index contributed by atoms with van der Waals surface area (Å²) in [6, 6.07) is 12.9. The molecule has 4 aliphatic rings.